The number of nitrogens with zero attached hydrogens (tertiary/aromatic N) is 4. The summed E-state index contributed by atoms with van der Waals surface area (Å²) in [5.41, 5.74) is 0. The molecule has 1 amide bonds. The predicted octanol–water partition coefficient (Wildman–Crippen LogP) is 3.26. The van der Waals surface area contributed by atoms with E-state index < -0.39 is 0 Å². The monoisotopic (exact) mass is 433 g/mol. The number of hydrogen-bond donors (Lipinski definition) is 1. The molecule has 0 spiro atoms. The molecule has 164 valence electrons. The first kappa shape index (κ1) is 21.2. The molecule has 2 aromatic heterocycles. The van der Waals surface area contributed by atoms with Gasteiger partial charge in [-0.15, -0.1) is 10.2 Å². The number of ether oxygens (including phenoxy) is 1. The third-order valence-electron chi connectivity index (χ3n) is 5.85. The van der Waals surface area contributed by atoms with Crippen LogP contribution in [0.3, 0.4) is 0 Å². The van der Waals surface area contributed by atoms with Gasteiger partial charge in [-0.3, -0.25) is 9.36 Å². The Balaban J connectivity index is 1.41. The Morgan fingerprint density at radius 2 is 2.17 bits per heavy atom. The van der Waals surface area contributed by atoms with Gasteiger partial charge >= 0.3 is 0 Å². The van der Waals surface area contributed by atoms with Crippen molar-refractivity contribution in [3.05, 3.63) is 24.2 Å². The van der Waals surface area contributed by atoms with Gasteiger partial charge in [0.05, 0.1) is 30.7 Å². The normalized spacial score (nSPS) is 21.1. The highest BCUT2D eigenvalue weighted by Crippen LogP contribution is 2.28. The van der Waals surface area contributed by atoms with Gasteiger partial charge in [-0.2, -0.15) is 0 Å². The first-order valence-corrected chi connectivity index (χ1v) is 11.8. The number of hydrogen-bond acceptors (Lipinski definition) is 7. The van der Waals surface area contributed by atoms with Crippen LogP contribution in [-0.4, -0.2) is 52.2 Å². The van der Waals surface area contributed by atoms with Crippen molar-refractivity contribution >= 4 is 23.6 Å². The second-order valence-corrected chi connectivity index (χ2v) is 9.23. The van der Waals surface area contributed by atoms with Crippen molar-refractivity contribution in [2.45, 2.75) is 63.4 Å². The summed E-state index contributed by atoms with van der Waals surface area (Å²) in [6.07, 6.45) is 6.29. The summed E-state index contributed by atoms with van der Waals surface area (Å²) >= 11 is 1.43. The van der Waals surface area contributed by atoms with Crippen molar-refractivity contribution in [2.75, 3.05) is 30.3 Å². The van der Waals surface area contributed by atoms with Crippen LogP contribution in [0.4, 0.5) is 5.95 Å². The molecule has 2 aliphatic rings. The SMILES string of the molecule is CC1CCN(c2nnc(SCC(=O)N[C@@H](C)c3ccco3)n2C[C@H]2CCCO2)CC1. The summed E-state index contributed by atoms with van der Waals surface area (Å²) in [5, 5.41) is 12.7. The highest BCUT2D eigenvalue weighted by molar-refractivity contribution is 7.99. The minimum Gasteiger partial charge on any atom is -0.467 e. The van der Waals surface area contributed by atoms with E-state index in [9.17, 15) is 4.79 Å². The first-order chi connectivity index (χ1) is 14.6. The van der Waals surface area contributed by atoms with Gasteiger partial charge in [0.25, 0.3) is 0 Å². The molecule has 0 saturated carbocycles. The quantitative estimate of drug-likeness (QED) is 0.640. The van der Waals surface area contributed by atoms with Crippen LogP contribution in [0.5, 0.6) is 0 Å². The molecular weight excluding hydrogens is 402 g/mol. The minimum absolute atomic E-state index is 0.0519. The van der Waals surface area contributed by atoms with Crippen LogP contribution >= 0.6 is 11.8 Å². The molecule has 0 radical (unpaired) electrons. The number of carbonyl (C=O) groups is 1. The summed E-state index contributed by atoms with van der Waals surface area (Å²) in [6, 6.07) is 3.52. The van der Waals surface area contributed by atoms with Gasteiger partial charge in [0.15, 0.2) is 5.16 Å². The molecule has 2 aliphatic heterocycles. The Morgan fingerprint density at radius 3 is 2.87 bits per heavy atom. The molecule has 2 aromatic rings. The van der Waals surface area contributed by atoms with E-state index in [4.69, 9.17) is 9.15 Å². The molecular formula is C21H31N5O3S. The van der Waals surface area contributed by atoms with Crippen molar-refractivity contribution in [1.29, 1.82) is 0 Å². The fourth-order valence-electron chi connectivity index (χ4n) is 4.00. The Morgan fingerprint density at radius 1 is 1.33 bits per heavy atom. The lowest BCUT2D eigenvalue weighted by Crippen LogP contribution is -2.35. The Labute approximate surface area is 181 Å². The molecule has 2 atom stereocenters. The lowest BCUT2D eigenvalue weighted by molar-refractivity contribution is -0.119. The van der Waals surface area contributed by atoms with Gasteiger partial charge in [0.2, 0.25) is 11.9 Å². The van der Waals surface area contributed by atoms with Gasteiger partial charge in [-0.1, -0.05) is 18.7 Å². The highest BCUT2D eigenvalue weighted by atomic mass is 32.2. The molecule has 1 N–H and O–H groups in total. The average molecular weight is 434 g/mol. The third kappa shape index (κ3) is 5.18. The van der Waals surface area contributed by atoms with Crippen molar-refractivity contribution in [2.24, 2.45) is 5.92 Å². The summed E-state index contributed by atoms with van der Waals surface area (Å²) in [6.45, 7) is 7.77. The van der Waals surface area contributed by atoms with E-state index in [0.29, 0.717) is 0 Å². The number of amides is 1. The zero-order valence-electron chi connectivity index (χ0n) is 17.7. The van der Waals surface area contributed by atoms with Gasteiger partial charge in [0.1, 0.15) is 5.76 Å². The standard InChI is InChI=1S/C21H31N5O3S/c1-15-7-9-25(10-8-15)20-23-24-21(26(20)13-17-5-3-11-28-17)30-14-19(27)22-16(2)18-6-4-12-29-18/h4,6,12,15-17H,3,5,7-11,13-14H2,1-2H3,(H,22,27)/t16-,17+/m0/s1. The maximum Gasteiger partial charge on any atom is 0.231 e. The zero-order chi connectivity index (χ0) is 20.9. The highest BCUT2D eigenvalue weighted by Gasteiger charge is 2.26. The van der Waals surface area contributed by atoms with E-state index in [1.165, 1.54) is 24.6 Å². The summed E-state index contributed by atoms with van der Waals surface area (Å²) in [4.78, 5) is 14.8. The van der Waals surface area contributed by atoms with Crippen LogP contribution in [0.15, 0.2) is 28.0 Å². The second-order valence-electron chi connectivity index (χ2n) is 8.29. The number of aromatic nitrogens is 3. The summed E-state index contributed by atoms with van der Waals surface area (Å²) < 4.78 is 13.4. The number of rotatable bonds is 8. The van der Waals surface area contributed by atoms with E-state index in [1.54, 1.807) is 6.26 Å². The first-order valence-electron chi connectivity index (χ1n) is 10.9. The third-order valence-corrected chi connectivity index (χ3v) is 6.82. The number of carbonyl (C=O) groups excluding carboxylic acids is 1. The summed E-state index contributed by atoms with van der Waals surface area (Å²) in [5.74, 6) is 2.64. The van der Waals surface area contributed by atoms with E-state index in [-0.39, 0.29) is 23.8 Å². The predicted molar refractivity (Wildman–Crippen MR) is 116 cm³/mol. The molecule has 30 heavy (non-hydrogen) atoms. The van der Waals surface area contributed by atoms with Gasteiger partial charge < -0.3 is 19.4 Å². The zero-order valence-corrected chi connectivity index (χ0v) is 18.6. The second kappa shape index (κ2) is 9.87. The maximum atomic E-state index is 12.5. The fourth-order valence-corrected chi connectivity index (χ4v) is 4.76. The van der Waals surface area contributed by atoms with Crippen LogP contribution in [0, 0.1) is 5.92 Å². The topological polar surface area (TPSA) is 85.4 Å². The molecule has 0 aliphatic carbocycles. The Hall–Kier alpha value is -2.00. The van der Waals surface area contributed by atoms with Crippen LogP contribution in [0.2, 0.25) is 0 Å². The van der Waals surface area contributed by atoms with Crippen molar-refractivity contribution in [3.8, 4) is 0 Å². The molecule has 2 fully saturated rings. The van der Waals surface area contributed by atoms with E-state index in [0.717, 1.165) is 61.9 Å². The molecule has 0 bridgehead atoms. The number of furan rings is 1. The molecule has 0 aromatic carbocycles. The smallest absolute Gasteiger partial charge is 0.231 e. The lowest BCUT2D eigenvalue weighted by atomic mass is 10.00. The van der Waals surface area contributed by atoms with Crippen molar-refractivity contribution < 1.29 is 13.9 Å². The molecule has 4 heterocycles. The van der Waals surface area contributed by atoms with Crippen LogP contribution in [0.25, 0.3) is 0 Å². The maximum absolute atomic E-state index is 12.5. The molecule has 0 unspecified atom stereocenters. The number of nitrogens with one attached hydrogen (secondary N) is 1. The number of thioether (sulfide) groups is 1. The molecule has 4 rings (SSSR count). The largest absolute Gasteiger partial charge is 0.467 e. The minimum atomic E-state index is -0.163. The fraction of sp³-hybridized carbons (Fsp3) is 0.667. The molecule has 8 nitrogen and oxygen atoms in total. The van der Waals surface area contributed by atoms with E-state index >= 15 is 0 Å². The van der Waals surface area contributed by atoms with Crippen LogP contribution < -0.4 is 10.2 Å². The van der Waals surface area contributed by atoms with Gasteiger partial charge in [0, 0.05) is 19.7 Å². The van der Waals surface area contributed by atoms with Crippen molar-refractivity contribution in [3.63, 3.8) is 0 Å². The van der Waals surface area contributed by atoms with Gasteiger partial charge in [-0.25, -0.2) is 0 Å². The molecule has 2 saturated heterocycles. The van der Waals surface area contributed by atoms with Crippen LogP contribution in [0.1, 0.15) is 51.3 Å². The van der Waals surface area contributed by atoms with Crippen LogP contribution in [-0.2, 0) is 16.1 Å². The molecule has 9 heteroatoms. The average Bonchev–Trinajstić information content (AvgIpc) is 3.50. The Bertz CT molecular complexity index is 811. The van der Waals surface area contributed by atoms with Gasteiger partial charge in [-0.05, 0) is 50.7 Å². The number of anilines is 1. The summed E-state index contributed by atoms with van der Waals surface area (Å²) in [7, 11) is 0. The lowest BCUT2D eigenvalue weighted by Gasteiger charge is -2.31. The number of piperidine rings is 1. The van der Waals surface area contributed by atoms with E-state index in [1.807, 2.05) is 19.1 Å². The van der Waals surface area contributed by atoms with Crippen molar-refractivity contribution in [1.82, 2.24) is 20.1 Å². The van der Waals surface area contributed by atoms with E-state index in [2.05, 4.69) is 31.9 Å². The Kier molecular flexibility index (Phi) is 6.99.